The van der Waals surface area contributed by atoms with Gasteiger partial charge in [-0.15, -0.1) is 0 Å². The van der Waals surface area contributed by atoms with Crippen molar-refractivity contribution in [3.63, 3.8) is 0 Å². The molecule has 2 aromatic rings. The van der Waals surface area contributed by atoms with E-state index in [4.69, 9.17) is 17.0 Å². The van der Waals surface area contributed by atoms with Crippen molar-refractivity contribution in [2.45, 2.75) is 20.4 Å². The van der Waals surface area contributed by atoms with Crippen LogP contribution in [0.5, 0.6) is 5.75 Å². The minimum Gasteiger partial charge on any atom is -0.496 e. The van der Waals surface area contributed by atoms with Gasteiger partial charge >= 0.3 is 0 Å². The van der Waals surface area contributed by atoms with Crippen LogP contribution in [0.25, 0.3) is 6.08 Å². The molecule has 2 heterocycles. The first kappa shape index (κ1) is 19.6. The zero-order valence-electron chi connectivity index (χ0n) is 15.4. The third-order valence-corrected chi connectivity index (χ3v) is 4.79. The van der Waals surface area contributed by atoms with Crippen LogP contribution >= 0.6 is 28.1 Å². The summed E-state index contributed by atoms with van der Waals surface area (Å²) in [6.07, 6.45) is 5.45. The van der Waals surface area contributed by atoms with Crippen molar-refractivity contribution in [1.82, 2.24) is 20.0 Å². The number of rotatable bonds is 6. The Bertz CT molecular complexity index is 907. The zero-order chi connectivity index (χ0) is 19.6. The molecular weight excluding hydrogens is 428 g/mol. The minimum atomic E-state index is -0.0953. The number of nitrogens with one attached hydrogen (secondary N) is 1. The van der Waals surface area contributed by atoms with Crippen molar-refractivity contribution in [3.05, 3.63) is 51.9 Å². The van der Waals surface area contributed by atoms with E-state index in [-0.39, 0.29) is 5.91 Å². The minimum absolute atomic E-state index is 0.0953. The molecular formula is C19H21BrN4O2S. The van der Waals surface area contributed by atoms with E-state index in [0.717, 1.165) is 21.3 Å². The van der Waals surface area contributed by atoms with Crippen molar-refractivity contribution in [1.29, 1.82) is 0 Å². The summed E-state index contributed by atoms with van der Waals surface area (Å²) in [4.78, 5) is 14.2. The Morgan fingerprint density at radius 3 is 2.81 bits per heavy atom. The van der Waals surface area contributed by atoms with Gasteiger partial charge < -0.3 is 10.1 Å². The van der Waals surface area contributed by atoms with Crippen molar-refractivity contribution in [2.24, 2.45) is 5.92 Å². The van der Waals surface area contributed by atoms with Crippen LogP contribution in [0.1, 0.15) is 25.0 Å². The van der Waals surface area contributed by atoms with E-state index in [1.807, 2.05) is 35.2 Å². The third kappa shape index (κ3) is 4.56. The number of halogens is 1. The van der Waals surface area contributed by atoms with Gasteiger partial charge in [-0.3, -0.25) is 14.4 Å². The van der Waals surface area contributed by atoms with Crippen LogP contribution in [-0.2, 0) is 11.3 Å². The van der Waals surface area contributed by atoms with Gasteiger partial charge in [-0.05, 0) is 57.8 Å². The van der Waals surface area contributed by atoms with Gasteiger partial charge in [0.15, 0.2) is 5.11 Å². The molecule has 1 N–H and O–H groups in total. The Balaban J connectivity index is 1.87. The molecule has 27 heavy (non-hydrogen) atoms. The fourth-order valence-corrected chi connectivity index (χ4v) is 3.48. The normalized spacial score (nSPS) is 15.7. The summed E-state index contributed by atoms with van der Waals surface area (Å²) in [5.41, 5.74) is 2.34. The lowest BCUT2D eigenvalue weighted by Gasteiger charge is -2.16. The summed E-state index contributed by atoms with van der Waals surface area (Å²) in [5.74, 6) is 1.02. The van der Waals surface area contributed by atoms with E-state index >= 15 is 0 Å². The molecule has 0 spiro atoms. The van der Waals surface area contributed by atoms with Crippen molar-refractivity contribution in [3.8, 4) is 5.75 Å². The average molecular weight is 449 g/mol. The van der Waals surface area contributed by atoms with Crippen molar-refractivity contribution in [2.75, 3.05) is 13.7 Å². The summed E-state index contributed by atoms with van der Waals surface area (Å²) in [6.45, 7) is 5.27. The fourth-order valence-electron chi connectivity index (χ4n) is 2.88. The molecule has 1 aliphatic rings. The van der Waals surface area contributed by atoms with E-state index in [1.54, 1.807) is 18.2 Å². The highest BCUT2D eigenvalue weighted by Gasteiger charge is 2.30. The predicted molar refractivity (Wildman–Crippen MR) is 112 cm³/mol. The second kappa shape index (κ2) is 8.22. The molecule has 1 aliphatic heterocycles. The molecule has 0 aliphatic carbocycles. The SMILES string of the molecule is COc1ccc(/C=C2/NC(=S)N(CC(C)C)C2=O)cc1Cn1cc(Br)cn1. The Morgan fingerprint density at radius 2 is 2.19 bits per heavy atom. The summed E-state index contributed by atoms with van der Waals surface area (Å²) >= 11 is 8.70. The number of nitrogens with zero attached hydrogens (tertiary/aromatic N) is 3. The molecule has 8 heteroatoms. The lowest BCUT2D eigenvalue weighted by Crippen LogP contribution is -2.33. The van der Waals surface area contributed by atoms with E-state index in [2.05, 4.69) is 40.2 Å². The molecule has 1 amide bonds. The maximum atomic E-state index is 12.6. The number of carbonyl (C=O) groups excluding carboxylic acids is 1. The molecule has 1 fully saturated rings. The van der Waals surface area contributed by atoms with Gasteiger partial charge in [0.05, 0.1) is 24.3 Å². The van der Waals surface area contributed by atoms with Crippen LogP contribution < -0.4 is 10.1 Å². The van der Waals surface area contributed by atoms with Gasteiger partial charge in [0, 0.05) is 18.3 Å². The largest absolute Gasteiger partial charge is 0.496 e. The maximum Gasteiger partial charge on any atom is 0.276 e. The van der Waals surface area contributed by atoms with Gasteiger partial charge in [-0.1, -0.05) is 19.9 Å². The van der Waals surface area contributed by atoms with E-state index in [1.165, 1.54) is 0 Å². The summed E-state index contributed by atoms with van der Waals surface area (Å²) in [6, 6.07) is 5.80. The first-order chi connectivity index (χ1) is 12.9. The van der Waals surface area contributed by atoms with E-state index < -0.39 is 0 Å². The second-order valence-corrected chi connectivity index (χ2v) is 8.03. The number of methoxy groups -OCH3 is 1. The molecule has 0 radical (unpaired) electrons. The Kier molecular flexibility index (Phi) is 5.96. The standard InChI is InChI=1S/C19H21BrN4O2S/c1-12(2)9-24-18(25)16(22-19(24)27)7-13-4-5-17(26-3)14(6-13)10-23-11-15(20)8-21-23/h4-8,11-12H,9-10H2,1-3H3,(H,22,27)/b16-7+. The number of amides is 1. The van der Waals surface area contributed by atoms with Crippen molar-refractivity contribution < 1.29 is 9.53 Å². The van der Waals surface area contributed by atoms with Crippen LogP contribution in [0.15, 0.2) is 40.8 Å². The monoisotopic (exact) mass is 448 g/mol. The third-order valence-electron chi connectivity index (χ3n) is 4.06. The number of hydrogen-bond acceptors (Lipinski definition) is 4. The molecule has 1 aromatic heterocycles. The highest BCUT2D eigenvalue weighted by molar-refractivity contribution is 9.10. The van der Waals surface area contributed by atoms with Crippen LogP contribution in [0.4, 0.5) is 0 Å². The number of thiocarbonyl (C=S) groups is 1. The maximum absolute atomic E-state index is 12.6. The van der Waals surface area contributed by atoms with Crippen molar-refractivity contribution >= 4 is 45.2 Å². The van der Waals surface area contributed by atoms with E-state index in [9.17, 15) is 4.79 Å². The van der Waals surface area contributed by atoms with Crippen LogP contribution in [0, 0.1) is 5.92 Å². The lowest BCUT2D eigenvalue weighted by atomic mass is 10.1. The fraction of sp³-hybridized carbons (Fsp3) is 0.316. The molecule has 0 unspecified atom stereocenters. The lowest BCUT2D eigenvalue weighted by molar-refractivity contribution is -0.122. The number of hydrogen-bond donors (Lipinski definition) is 1. The Hall–Kier alpha value is -2.19. The number of aromatic nitrogens is 2. The molecule has 3 rings (SSSR count). The van der Waals surface area contributed by atoms with Gasteiger partial charge in [0.2, 0.25) is 0 Å². The topological polar surface area (TPSA) is 59.4 Å². The highest BCUT2D eigenvalue weighted by atomic mass is 79.9. The molecule has 0 saturated carbocycles. The number of ether oxygens (including phenoxy) is 1. The molecule has 142 valence electrons. The van der Waals surface area contributed by atoms with Crippen LogP contribution in [-0.4, -0.2) is 39.4 Å². The molecule has 1 saturated heterocycles. The van der Waals surface area contributed by atoms with Gasteiger partial charge in [-0.25, -0.2) is 0 Å². The van der Waals surface area contributed by atoms with E-state index in [0.29, 0.717) is 29.8 Å². The summed E-state index contributed by atoms with van der Waals surface area (Å²) < 4.78 is 8.20. The molecule has 1 aromatic carbocycles. The zero-order valence-corrected chi connectivity index (χ0v) is 17.8. The smallest absolute Gasteiger partial charge is 0.276 e. The molecule has 6 nitrogen and oxygen atoms in total. The Labute approximate surface area is 172 Å². The molecule has 0 atom stereocenters. The second-order valence-electron chi connectivity index (χ2n) is 6.73. The summed E-state index contributed by atoms with van der Waals surface area (Å²) in [7, 11) is 1.64. The summed E-state index contributed by atoms with van der Waals surface area (Å²) in [5, 5.41) is 7.76. The van der Waals surface area contributed by atoms with Crippen LogP contribution in [0.2, 0.25) is 0 Å². The first-order valence-corrected chi connectivity index (χ1v) is 9.77. The Morgan fingerprint density at radius 1 is 1.41 bits per heavy atom. The number of benzene rings is 1. The van der Waals surface area contributed by atoms with Crippen LogP contribution in [0.3, 0.4) is 0 Å². The highest BCUT2D eigenvalue weighted by Crippen LogP contribution is 2.24. The van der Waals surface area contributed by atoms with Gasteiger partial charge in [0.25, 0.3) is 5.91 Å². The average Bonchev–Trinajstić information content (AvgIpc) is 3.13. The number of carbonyl (C=O) groups is 1. The van der Waals surface area contributed by atoms with Gasteiger partial charge in [-0.2, -0.15) is 5.10 Å². The quantitative estimate of drug-likeness (QED) is 0.541. The predicted octanol–water partition coefficient (Wildman–Crippen LogP) is 3.42. The molecule has 0 bridgehead atoms. The van der Waals surface area contributed by atoms with Gasteiger partial charge in [0.1, 0.15) is 11.4 Å². The first-order valence-electron chi connectivity index (χ1n) is 8.56.